The van der Waals surface area contributed by atoms with Gasteiger partial charge in [0.2, 0.25) is 11.8 Å². The molecule has 3 heterocycles. The van der Waals surface area contributed by atoms with Crippen molar-refractivity contribution in [2.24, 2.45) is 0 Å². The van der Waals surface area contributed by atoms with Crippen LogP contribution in [-0.2, 0) is 6.54 Å². The zero-order chi connectivity index (χ0) is 16.8. The average Bonchev–Trinajstić information content (AvgIpc) is 3.14. The molecular weight excluding hydrogens is 326 g/mol. The molecule has 1 saturated heterocycles. The lowest BCUT2D eigenvalue weighted by Crippen LogP contribution is -2.23. The number of carbonyl (C=O) groups is 1. The van der Waals surface area contributed by atoms with Crippen molar-refractivity contribution in [2.75, 3.05) is 18.6 Å². The summed E-state index contributed by atoms with van der Waals surface area (Å²) >= 11 is 1.89. The van der Waals surface area contributed by atoms with E-state index in [-0.39, 0.29) is 12.0 Å². The Morgan fingerprint density at radius 3 is 2.71 bits per heavy atom. The molecular formula is C17H19N3O3S. The van der Waals surface area contributed by atoms with Gasteiger partial charge in [-0.3, -0.25) is 4.79 Å². The van der Waals surface area contributed by atoms with Crippen molar-refractivity contribution in [1.82, 2.24) is 15.3 Å². The van der Waals surface area contributed by atoms with Gasteiger partial charge in [0.05, 0.1) is 12.7 Å². The Bertz CT molecular complexity index is 670. The molecule has 0 saturated carbocycles. The fourth-order valence-electron chi connectivity index (χ4n) is 2.28. The van der Waals surface area contributed by atoms with Crippen LogP contribution in [0.2, 0.25) is 0 Å². The van der Waals surface area contributed by atoms with Crippen LogP contribution in [-0.4, -0.2) is 40.6 Å². The lowest BCUT2D eigenvalue weighted by atomic mass is 10.2. The SMILES string of the molecule is COc1ccc(CNC(=O)c2ccc(OC3CCSC3)nc2)cn1. The molecule has 2 aromatic rings. The summed E-state index contributed by atoms with van der Waals surface area (Å²) in [7, 11) is 1.57. The topological polar surface area (TPSA) is 73.3 Å². The molecule has 2 aromatic heterocycles. The monoisotopic (exact) mass is 345 g/mol. The zero-order valence-electron chi connectivity index (χ0n) is 13.4. The number of nitrogens with zero attached hydrogens (tertiary/aromatic N) is 2. The minimum absolute atomic E-state index is 0.179. The molecule has 0 bridgehead atoms. The molecule has 7 heteroatoms. The van der Waals surface area contributed by atoms with Crippen molar-refractivity contribution in [3.8, 4) is 11.8 Å². The Hall–Kier alpha value is -2.28. The van der Waals surface area contributed by atoms with Gasteiger partial charge in [0.25, 0.3) is 5.91 Å². The van der Waals surface area contributed by atoms with Gasteiger partial charge < -0.3 is 14.8 Å². The van der Waals surface area contributed by atoms with Crippen molar-refractivity contribution in [1.29, 1.82) is 0 Å². The summed E-state index contributed by atoms with van der Waals surface area (Å²) in [6.45, 7) is 0.396. The van der Waals surface area contributed by atoms with Gasteiger partial charge in [-0.05, 0) is 23.8 Å². The van der Waals surface area contributed by atoms with Crippen molar-refractivity contribution in [3.05, 3.63) is 47.8 Å². The van der Waals surface area contributed by atoms with Gasteiger partial charge in [0.1, 0.15) is 6.10 Å². The molecule has 0 spiro atoms. The lowest BCUT2D eigenvalue weighted by Gasteiger charge is -2.11. The fourth-order valence-corrected chi connectivity index (χ4v) is 3.38. The van der Waals surface area contributed by atoms with Crippen LogP contribution in [0.4, 0.5) is 0 Å². The highest BCUT2D eigenvalue weighted by atomic mass is 32.2. The molecule has 1 N–H and O–H groups in total. The van der Waals surface area contributed by atoms with Gasteiger partial charge in [-0.2, -0.15) is 11.8 Å². The maximum absolute atomic E-state index is 12.2. The summed E-state index contributed by atoms with van der Waals surface area (Å²) in [6.07, 6.45) is 4.49. The Balaban J connectivity index is 1.52. The third-order valence-corrected chi connectivity index (χ3v) is 4.77. The van der Waals surface area contributed by atoms with Gasteiger partial charge in [-0.1, -0.05) is 6.07 Å². The number of hydrogen-bond donors (Lipinski definition) is 1. The van der Waals surface area contributed by atoms with Crippen LogP contribution < -0.4 is 14.8 Å². The van der Waals surface area contributed by atoms with Gasteiger partial charge in [0.15, 0.2) is 0 Å². The number of rotatable bonds is 6. The number of carbonyl (C=O) groups excluding carboxylic acids is 1. The number of amides is 1. The molecule has 1 aliphatic heterocycles. The largest absolute Gasteiger partial charge is 0.481 e. The van der Waals surface area contributed by atoms with Crippen LogP contribution in [0.1, 0.15) is 22.3 Å². The first-order valence-corrected chi connectivity index (χ1v) is 8.87. The highest BCUT2D eigenvalue weighted by Gasteiger charge is 2.17. The normalized spacial score (nSPS) is 16.6. The number of aromatic nitrogens is 2. The lowest BCUT2D eigenvalue weighted by molar-refractivity contribution is 0.0950. The Morgan fingerprint density at radius 1 is 1.25 bits per heavy atom. The van der Waals surface area contributed by atoms with E-state index in [0.717, 1.165) is 23.5 Å². The maximum atomic E-state index is 12.2. The minimum Gasteiger partial charge on any atom is -0.481 e. The number of pyridine rings is 2. The second-order valence-electron chi connectivity index (χ2n) is 5.38. The Morgan fingerprint density at radius 2 is 2.08 bits per heavy atom. The molecule has 1 amide bonds. The predicted molar refractivity (Wildman–Crippen MR) is 92.6 cm³/mol. The smallest absolute Gasteiger partial charge is 0.253 e. The molecule has 1 fully saturated rings. The van der Waals surface area contributed by atoms with Gasteiger partial charge in [-0.25, -0.2) is 9.97 Å². The summed E-state index contributed by atoms with van der Waals surface area (Å²) in [6, 6.07) is 7.09. The van der Waals surface area contributed by atoms with Crippen molar-refractivity contribution in [2.45, 2.75) is 19.1 Å². The van der Waals surface area contributed by atoms with Gasteiger partial charge in [0, 0.05) is 36.8 Å². The van der Waals surface area contributed by atoms with E-state index in [1.54, 1.807) is 37.7 Å². The van der Waals surface area contributed by atoms with E-state index < -0.39 is 0 Å². The average molecular weight is 345 g/mol. The summed E-state index contributed by atoms with van der Waals surface area (Å²) in [4.78, 5) is 20.5. The number of thioether (sulfide) groups is 1. The molecule has 1 unspecified atom stereocenters. The van der Waals surface area contributed by atoms with Crippen LogP contribution in [0.5, 0.6) is 11.8 Å². The zero-order valence-corrected chi connectivity index (χ0v) is 14.2. The first-order chi connectivity index (χ1) is 11.7. The third-order valence-electron chi connectivity index (χ3n) is 3.63. The Kier molecular flexibility index (Phi) is 5.53. The van der Waals surface area contributed by atoms with E-state index in [2.05, 4.69) is 15.3 Å². The minimum atomic E-state index is -0.179. The fraction of sp³-hybridized carbons (Fsp3) is 0.353. The van der Waals surface area contributed by atoms with Crippen molar-refractivity contribution < 1.29 is 14.3 Å². The maximum Gasteiger partial charge on any atom is 0.253 e. The summed E-state index contributed by atoms with van der Waals surface area (Å²) in [5, 5.41) is 2.84. The number of nitrogens with one attached hydrogen (secondary N) is 1. The van der Waals surface area contributed by atoms with Crippen molar-refractivity contribution >= 4 is 17.7 Å². The summed E-state index contributed by atoms with van der Waals surface area (Å²) < 4.78 is 10.8. The molecule has 0 radical (unpaired) electrons. The van der Waals surface area contributed by atoms with Crippen LogP contribution in [0, 0.1) is 0 Å². The molecule has 24 heavy (non-hydrogen) atoms. The summed E-state index contributed by atoms with van der Waals surface area (Å²) in [5.41, 5.74) is 1.40. The third kappa shape index (κ3) is 4.38. The summed E-state index contributed by atoms with van der Waals surface area (Å²) in [5.74, 6) is 3.07. The van der Waals surface area contributed by atoms with E-state index in [4.69, 9.17) is 9.47 Å². The first-order valence-electron chi connectivity index (χ1n) is 7.72. The molecule has 6 nitrogen and oxygen atoms in total. The van der Waals surface area contributed by atoms with Crippen LogP contribution in [0.25, 0.3) is 0 Å². The van der Waals surface area contributed by atoms with E-state index in [1.807, 2.05) is 17.8 Å². The van der Waals surface area contributed by atoms with Gasteiger partial charge in [-0.15, -0.1) is 0 Å². The molecule has 0 aromatic carbocycles. The van der Waals surface area contributed by atoms with E-state index in [1.165, 1.54) is 0 Å². The quantitative estimate of drug-likeness (QED) is 0.866. The van der Waals surface area contributed by atoms with Crippen molar-refractivity contribution in [3.63, 3.8) is 0 Å². The number of hydrogen-bond acceptors (Lipinski definition) is 6. The predicted octanol–water partition coefficient (Wildman–Crippen LogP) is 2.30. The highest BCUT2D eigenvalue weighted by Crippen LogP contribution is 2.21. The molecule has 126 valence electrons. The highest BCUT2D eigenvalue weighted by molar-refractivity contribution is 7.99. The first kappa shape index (κ1) is 16.6. The van der Waals surface area contributed by atoms with E-state index in [9.17, 15) is 4.79 Å². The Labute approximate surface area is 145 Å². The van der Waals surface area contributed by atoms with Crippen LogP contribution in [0.3, 0.4) is 0 Å². The number of methoxy groups -OCH3 is 1. The molecule has 0 aliphatic carbocycles. The van der Waals surface area contributed by atoms with Crippen LogP contribution in [0.15, 0.2) is 36.7 Å². The van der Waals surface area contributed by atoms with E-state index in [0.29, 0.717) is 23.9 Å². The molecule has 3 rings (SSSR count). The van der Waals surface area contributed by atoms with E-state index >= 15 is 0 Å². The molecule has 1 atom stereocenters. The second kappa shape index (κ2) is 8.01. The molecule has 1 aliphatic rings. The standard InChI is InChI=1S/C17H19N3O3S/c1-22-15-4-2-12(8-18-15)9-20-17(21)13-3-5-16(19-10-13)23-14-6-7-24-11-14/h2-5,8,10,14H,6-7,9,11H2,1H3,(H,20,21). The van der Waals surface area contributed by atoms with Gasteiger partial charge >= 0.3 is 0 Å². The number of ether oxygens (including phenoxy) is 2. The second-order valence-corrected chi connectivity index (χ2v) is 6.53. The van der Waals surface area contributed by atoms with Crippen LogP contribution >= 0.6 is 11.8 Å².